The van der Waals surface area contributed by atoms with Crippen molar-refractivity contribution in [2.24, 2.45) is 29.6 Å². The minimum absolute atomic E-state index is 0.00793. The molecular formula is C89H98Cl2N8O17S7. The van der Waals surface area contributed by atoms with Gasteiger partial charge in [0.25, 0.3) is 37.8 Å². The van der Waals surface area contributed by atoms with Gasteiger partial charge in [-0.25, -0.2) is 50.7 Å². The van der Waals surface area contributed by atoms with Crippen LogP contribution in [0, 0.1) is 29.6 Å². The zero-order valence-electron chi connectivity index (χ0n) is 68.4. The van der Waals surface area contributed by atoms with Crippen LogP contribution in [-0.4, -0.2) is 209 Å². The predicted molar refractivity (Wildman–Crippen MR) is 480 cm³/mol. The first-order chi connectivity index (χ1) is 58.8. The number of alkyl halides is 1. The maximum absolute atomic E-state index is 13.5. The van der Waals surface area contributed by atoms with Crippen molar-refractivity contribution < 1.29 is 75.6 Å². The molecule has 5 fully saturated rings. The largest absolute Gasteiger partial charge is 0.493 e. The molecule has 0 saturated carbocycles. The minimum Gasteiger partial charge on any atom is -0.493 e. The summed E-state index contributed by atoms with van der Waals surface area (Å²) in [5.41, 5.74) is 7.90. The quantitative estimate of drug-likeness (QED) is 0.0455. The molecule has 9 aliphatic rings. The number of ether oxygens (including phenoxy) is 1. The first-order valence-corrected chi connectivity index (χ1v) is 52.7. The van der Waals surface area contributed by atoms with E-state index in [1.807, 2.05) is 101 Å². The lowest BCUT2D eigenvalue weighted by Gasteiger charge is -2.31. The first kappa shape index (κ1) is 88.5. The fourth-order valence-corrected chi connectivity index (χ4v) is 28.5. The van der Waals surface area contributed by atoms with Crippen LogP contribution in [0.2, 0.25) is 4.34 Å². The van der Waals surface area contributed by atoms with E-state index in [0.717, 1.165) is 127 Å². The molecular weight excluding hydrogens is 1750 g/mol. The van der Waals surface area contributed by atoms with E-state index in [0.29, 0.717) is 166 Å². The molecule has 3 amide bonds. The molecule has 3 atom stereocenters. The van der Waals surface area contributed by atoms with Crippen LogP contribution in [0.5, 0.6) is 5.75 Å². The van der Waals surface area contributed by atoms with Gasteiger partial charge in [0, 0.05) is 167 Å². The van der Waals surface area contributed by atoms with Crippen LogP contribution in [0.3, 0.4) is 0 Å². The zero-order chi connectivity index (χ0) is 86.6. The molecule has 11 heterocycles. The topological polar surface area (TPSA) is 308 Å². The number of sulfonamides is 5. The third-order valence-electron chi connectivity index (χ3n) is 25.9. The molecule has 0 aliphatic carbocycles. The molecule has 0 N–H and O–H groups in total. The van der Waals surface area contributed by atoms with Gasteiger partial charge in [-0.3, -0.25) is 28.8 Å². The molecule has 9 aromatic rings. The molecule has 18 rings (SSSR count). The van der Waals surface area contributed by atoms with Crippen molar-refractivity contribution in [3.05, 3.63) is 182 Å². The lowest BCUT2D eigenvalue weighted by Crippen LogP contribution is -2.42. The number of fused-ring (bicyclic) bond motifs is 1. The Balaban J connectivity index is 0.000000137. The number of anilines is 3. The second-order valence-electron chi connectivity index (χ2n) is 33.5. The van der Waals surface area contributed by atoms with E-state index in [4.69, 9.17) is 27.9 Å². The van der Waals surface area contributed by atoms with E-state index in [2.05, 4.69) is 0 Å². The van der Waals surface area contributed by atoms with Crippen LogP contribution in [0.15, 0.2) is 152 Å². The number of amides is 3. The summed E-state index contributed by atoms with van der Waals surface area (Å²) >= 11 is 14.1. The second-order valence-corrected chi connectivity index (χ2v) is 46.8. The van der Waals surface area contributed by atoms with Gasteiger partial charge in [-0.1, -0.05) is 72.3 Å². The van der Waals surface area contributed by atoms with Crippen LogP contribution in [-0.2, 0) is 90.2 Å². The van der Waals surface area contributed by atoms with Crippen molar-refractivity contribution in [3.63, 3.8) is 0 Å². The van der Waals surface area contributed by atoms with E-state index < -0.39 is 56.0 Å². The monoisotopic (exact) mass is 1840 g/mol. The molecule has 0 bridgehead atoms. The summed E-state index contributed by atoms with van der Waals surface area (Å²) in [7, 11) is -17.4. The Morgan fingerprint density at radius 3 is 1.25 bits per heavy atom. The van der Waals surface area contributed by atoms with Crippen LogP contribution in [0.1, 0.15) is 137 Å². The number of carbonyl (C=O) groups is 6. The number of nitrogens with zero attached hydrogens (tertiary/aromatic N) is 8. The van der Waals surface area contributed by atoms with Gasteiger partial charge in [0.15, 0.2) is 0 Å². The molecule has 652 valence electrons. The number of benzene rings is 7. The second kappa shape index (κ2) is 36.4. The van der Waals surface area contributed by atoms with Gasteiger partial charge < -0.3 is 19.4 Å². The summed E-state index contributed by atoms with van der Waals surface area (Å²) < 4.78 is 140. The number of halogens is 2. The average molecular weight is 1850 g/mol. The lowest BCUT2D eigenvalue weighted by molar-refractivity contribution is -0.124. The highest BCUT2D eigenvalue weighted by Gasteiger charge is 2.42. The maximum Gasteiger partial charge on any atom is 0.258 e. The Bertz CT molecular complexity index is 6280. The molecule has 9 aliphatic heterocycles. The SMILES string of the molecule is CS(=O)(=O)N1CCC(CCN2C(=O)c3cccc4c(CC(=O)C5CCCN(S(=O)(=O)c6ccc(Cl)s6)C5)ccc2c34)CC1.CS(=O)(=O)N1CCC(CCN2C(=O)c3cccc4c(CC(=O)C5CCCN(S(=O)(=O)c6cccs6)C5)ccc2c34)CC1.O=C(Cc1ccc2c3c(cccc13)C(=O)N2CCCCl)C1CCCN(S(=O)(=O)c2ccc3c(c2)CCO3)C1. The van der Waals surface area contributed by atoms with Gasteiger partial charge in [-0.2, -0.15) is 12.9 Å². The molecule has 3 unspecified atom stereocenters. The molecule has 0 radical (unpaired) electrons. The molecule has 2 aromatic heterocycles. The zero-order valence-corrected chi connectivity index (χ0v) is 75.7. The van der Waals surface area contributed by atoms with Gasteiger partial charge in [-0.15, -0.1) is 34.3 Å². The smallest absolute Gasteiger partial charge is 0.258 e. The molecule has 123 heavy (non-hydrogen) atoms. The highest BCUT2D eigenvalue weighted by molar-refractivity contribution is 7.91. The summed E-state index contributed by atoms with van der Waals surface area (Å²) in [5, 5.41) is 6.99. The highest BCUT2D eigenvalue weighted by atomic mass is 35.5. The van der Waals surface area contributed by atoms with Gasteiger partial charge in [-0.05, 0) is 212 Å². The number of rotatable bonds is 26. The molecule has 5 saturated heterocycles. The maximum atomic E-state index is 13.5. The predicted octanol–water partition coefficient (Wildman–Crippen LogP) is 13.5. The van der Waals surface area contributed by atoms with Crippen molar-refractivity contribution in [2.75, 3.05) is 125 Å². The standard InChI is InChI=1S/C30H34ClN3O6S3.C30H35N3O6S3.C29H29ClN2O5S/c1-42(37,38)32-15-11-20(12-16-32)13-17-34-25-8-7-21(23-5-2-6-24(29(23)25)30(34)36)18-26(35)22-4-3-14-33(19-22)43(39,40)28-10-9-27(31)41-28;1-41(36,37)31-15-11-21(12-16-31)13-17-33-26-10-9-22(24-6-2-7-25(29(24)26)30(33)35)19-27(34)23-5-3-14-32(20-23)42(38,39)28-8-4-18-40-28;30-12-3-14-32-25-9-7-19(23-5-1-6-24(28(23)25)29(32)34)17-26(33)21-4-2-13-31(18-21)38(35,36)22-8-10-27-20(16-22)11-15-37-27/h2,5-10,20,22H,3-4,11-19H2,1H3;2,4,6-10,18,21,23H,3,5,11-17,19-20H2,1H3;1,5-10,16,21H,2-4,11-15,17-18H2. The summed E-state index contributed by atoms with van der Waals surface area (Å²) in [6.07, 6.45) is 13.0. The summed E-state index contributed by atoms with van der Waals surface area (Å²) in [4.78, 5) is 86.1. The molecule has 0 spiro atoms. The third kappa shape index (κ3) is 18.3. The van der Waals surface area contributed by atoms with Crippen molar-refractivity contribution in [1.82, 2.24) is 21.5 Å². The van der Waals surface area contributed by atoms with Crippen molar-refractivity contribution in [3.8, 4) is 5.75 Å². The number of Topliss-reactive ketones (excluding diaryl/α,β-unsaturated/α-hetero) is 3. The van der Waals surface area contributed by atoms with Gasteiger partial charge in [0.1, 0.15) is 31.5 Å². The van der Waals surface area contributed by atoms with Crippen LogP contribution in [0.4, 0.5) is 17.1 Å². The Morgan fingerprint density at radius 1 is 0.447 bits per heavy atom. The number of piperidine rings is 5. The summed E-state index contributed by atoms with van der Waals surface area (Å²) in [6.45, 7) is 5.99. The lowest BCUT2D eigenvalue weighted by atomic mass is 9.89. The number of thiophene rings is 2. The number of carbonyl (C=O) groups excluding carboxylic acids is 6. The van der Waals surface area contributed by atoms with Gasteiger partial charge in [0.05, 0.1) is 45.4 Å². The number of ketones is 3. The van der Waals surface area contributed by atoms with E-state index in [1.54, 1.807) is 46.7 Å². The fourth-order valence-electron chi connectivity index (χ4n) is 19.2. The normalized spacial score (nSPS) is 20.3. The Hall–Kier alpha value is -7.93. The Morgan fingerprint density at radius 2 is 0.862 bits per heavy atom. The molecule has 34 heteroatoms. The van der Waals surface area contributed by atoms with Gasteiger partial charge in [0.2, 0.25) is 30.1 Å². The van der Waals surface area contributed by atoms with Crippen LogP contribution in [0.25, 0.3) is 32.3 Å². The van der Waals surface area contributed by atoms with E-state index in [9.17, 15) is 70.9 Å². The fraction of sp³-hybridized carbons (Fsp3) is 0.438. The third-order valence-corrected chi connectivity index (χ3v) is 37.4. The first-order valence-electron chi connectivity index (χ1n) is 42.0. The molecule has 25 nitrogen and oxygen atoms in total. The van der Waals surface area contributed by atoms with E-state index >= 15 is 0 Å². The van der Waals surface area contributed by atoms with Crippen LogP contribution >= 0.6 is 45.9 Å². The number of hydrogen-bond acceptors (Lipinski definition) is 19. The minimum atomic E-state index is -3.71. The Kier molecular flexibility index (Phi) is 26.2. The van der Waals surface area contributed by atoms with E-state index in [-0.39, 0.29) is 94.9 Å². The highest BCUT2D eigenvalue weighted by Crippen LogP contribution is 2.45. The Labute approximate surface area is 736 Å². The summed E-state index contributed by atoms with van der Waals surface area (Å²) in [6, 6.07) is 39.9. The molecule has 7 aromatic carbocycles. The average Bonchev–Trinajstić information content (AvgIpc) is 1.57. The van der Waals surface area contributed by atoms with Crippen molar-refractivity contribution in [2.45, 2.75) is 122 Å². The van der Waals surface area contributed by atoms with Crippen molar-refractivity contribution in [1.29, 1.82) is 0 Å². The van der Waals surface area contributed by atoms with Gasteiger partial charge >= 0.3 is 0 Å². The summed E-state index contributed by atoms with van der Waals surface area (Å²) in [5.74, 6) is 0.655. The van der Waals surface area contributed by atoms with Crippen molar-refractivity contribution >= 4 is 180 Å². The number of hydrogen-bond donors (Lipinski definition) is 0. The van der Waals surface area contributed by atoms with E-state index in [1.165, 1.54) is 51.4 Å². The van der Waals surface area contributed by atoms with Crippen LogP contribution < -0.4 is 19.4 Å².